The predicted molar refractivity (Wildman–Crippen MR) is 58.1 cm³/mol. The maximum Gasteiger partial charge on any atom is 0.394 e. The van der Waals surface area contributed by atoms with Gasteiger partial charge in [-0.25, -0.2) is 4.79 Å². The zero-order valence-electron chi connectivity index (χ0n) is 6.75. The lowest BCUT2D eigenvalue weighted by atomic mass is 10.3. The van der Waals surface area contributed by atoms with Crippen LogP contribution in [0.5, 0.6) is 0 Å². The van der Waals surface area contributed by atoms with E-state index < -0.39 is 11.9 Å². The highest BCUT2D eigenvalue weighted by molar-refractivity contribution is 9.13. The van der Waals surface area contributed by atoms with Crippen molar-refractivity contribution in [2.45, 2.75) is 0 Å². The molecule has 0 aliphatic carbocycles. The number of nitrogens with one attached hydrogen (secondary N) is 1. The van der Waals surface area contributed by atoms with E-state index in [1.165, 1.54) is 0 Å². The van der Waals surface area contributed by atoms with Gasteiger partial charge in [0.1, 0.15) is 0 Å². The highest BCUT2D eigenvalue weighted by atomic mass is 79.9. The van der Waals surface area contributed by atoms with E-state index in [2.05, 4.69) is 37.2 Å². The number of anilines is 1. The number of hydrogen-bond acceptors (Lipinski definition) is 2. The Bertz CT molecular complexity index is 392. The number of carboxylic acid groups (broad SMARTS) is 1. The molecule has 0 atom stereocenters. The van der Waals surface area contributed by atoms with Gasteiger partial charge in [-0.1, -0.05) is 0 Å². The third-order valence-corrected chi connectivity index (χ3v) is 3.25. The van der Waals surface area contributed by atoms with Crippen LogP contribution in [0.25, 0.3) is 0 Å². The van der Waals surface area contributed by atoms with E-state index in [-0.39, 0.29) is 0 Å². The molecule has 4 nitrogen and oxygen atoms in total. The van der Waals surface area contributed by atoms with Crippen molar-refractivity contribution >= 4 is 49.4 Å². The summed E-state index contributed by atoms with van der Waals surface area (Å²) in [6.07, 6.45) is 0. The molecule has 0 radical (unpaired) electrons. The van der Waals surface area contributed by atoms with Crippen molar-refractivity contribution in [3.8, 4) is 0 Å². The average Bonchev–Trinajstić information content (AvgIpc) is 2.11. The zero-order valence-corrected chi connectivity index (χ0v) is 9.92. The van der Waals surface area contributed by atoms with E-state index in [0.717, 1.165) is 8.95 Å². The van der Waals surface area contributed by atoms with Crippen LogP contribution in [0, 0.1) is 0 Å². The molecule has 0 bridgehead atoms. The third kappa shape index (κ3) is 2.81. The van der Waals surface area contributed by atoms with Gasteiger partial charge < -0.3 is 10.4 Å². The van der Waals surface area contributed by atoms with Crippen molar-refractivity contribution in [1.82, 2.24) is 0 Å². The molecule has 1 aromatic carbocycles. The van der Waals surface area contributed by atoms with Crippen LogP contribution in [0.4, 0.5) is 5.69 Å². The quantitative estimate of drug-likeness (QED) is 0.779. The molecule has 0 aliphatic heterocycles. The molecule has 0 aromatic heterocycles. The highest BCUT2D eigenvalue weighted by Gasteiger charge is 2.11. The van der Waals surface area contributed by atoms with E-state index >= 15 is 0 Å². The summed E-state index contributed by atoms with van der Waals surface area (Å²) in [6.45, 7) is 0. The van der Waals surface area contributed by atoms with Crippen LogP contribution in [0.15, 0.2) is 27.1 Å². The van der Waals surface area contributed by atoms with Gasteiger partial charge in [0.2, 0.25) is 0 Å². The van der Waals surface area contributed by atoms with E-state index in [1.807, 2.05) is 0 Å². The molecule has 2 N–H and O–H groups in total. The number of benzene rings is 1. The summed E-state index contributed by atoms with van der Waals surface area (Å²) in [4.78, 5) is 21.0. The largest absolute Gasteiger partial charge is 0.474 e. The maximum atomic E-state index is 10.8. The molecule has 0 saturated heterocycles. The number of hydrogen-bond donors (Lipinski definition) is 2. The van der Waals surface area contributed by atoms with Crippen molar-refractivity contribution in [2.24, 2.45) is 0 Å². The zero-order chi connectivity index (χ0) is 10.7. The normalized spacial score (nSPS) is 9.57. The molecule has 1 rings (SSSR count). The molecule has 0 spiro atoms. The lowest BCUT2D eigenvalue weighted by Gasteiger charge is -2.03. The van der Waals surface area contributed by atoms with E-state index in [4.69, 9.17) is 5.11 Å². The van der Waals surface area contributed by atoms with Crippen LogP contribution in [0.2, 0.25) is 0 Å². The van der Waals surface area contributed by atoms with E-state index in [0.29, 0.717) is 5.69 Å². The second kappa shape index (κ2) is 4.56. The topological polar surface area (TPSA) is 66.4 Å². The Morgan fingerprint density at radius 2 is 1.86 bits per heavy atom. The molecule has 1 aromatic rings. The maximum absolute atomic E-state index is 10.8. The molecule has 0 aliphatic rings. The summed E-state index contributed by atoms with van der Waals surface area (Å²) < 4.78 is 1.56. The van der Waals surface area contributed by atoms with Crippen molar-refractivity contribution in [3.05, 3.63) is 27.1 Å². The Balaban J connectivity index is 2.83. The Morgan fingerprint density at radius 1 is 1.21 bits per heavy atom. The minimum absolute atomic E-state index is 0.424. The standard InChI is InChI=1S/C8H5Br2NO3/c9-5-2-1-4(3-6(5)10)11-7(12)8(13)14/h1-3H,(H,11,12)(H,13,14). The van der Waals surface area contributed by atoms with E-state index in [1.54, 1.807) is 18.2 Å². The van der Waals surface area contributed by atoms with Crippen LogP contribution in [0.3, 0.4) is 0 Å². The minimum atomic E-state index is -1.51. The van der Waals surface area contributed by atoms with Crippen LogP contribution in [0.1, 0.15) is 0 Å². The van der Waals surface area contributed by atoms with Gasteiger partial charge in [0.05, 0.1) is 0 Å². The summed E-state index contributed by atoms with van der Waals surface area (Å²) in [5.41, 5.74) is 0.424. The molecule has 0 unspecified atom stereocenters. The molecular weight excluding hydrogens is 318 g/mol. The fourth-order valence-corrected chi connectivity index (χ4v) is 1.38. The first-order valence-corrected chi connectivity index (χ1v) is 5.08. The molecule has 14 heavy (non-hydrogen) atoms. The average molecular weight is 323 g/mol. The Labute approximate surface area is 96.6 Å². The summed E-state index contributed by atoms with van der Waals surface area (Å²) in [6, 6.07) is 4.89. The molecule has 74 valence electrons. The number of rotatable bonds is 1. The molecular formula is C8H5Br2NO3. The Morgan fingerprint density at radius 3 is 2.36 bits per heavy atom. The van der Waals surface area contributed by atoms with Gasteiger partial charge in [0.25, 0.3) is 0 Å². The van der Waals surface area contributed by atoms with Crippen molar-refractivity contribution < 1.29 is 14.7 Å². The number of carbonyl (C=O) groups is 2. The minimum Gasteiger partial charge on any atom is -0.474 e. The van der Waals surface area contributed by atoms with Crippen molar-refractivity contribution in [2.75, 3.05) is 5.32 Å². The highest BCUT2D eigenvalue weighted by Crippen LogP contribution is 2.25. The monoisotopic (exact) mass is 321 g/mol. The second-order valence-electron chi connectivity index (χ2n) is 2.39. The number of halogens is 2. The SMILES string of the molecule is O=C(O)C(=O)Nc1ccc(Br)c(Br)c1. The summed E-state index contributed by atoms with van der Waals surface area (Å²) in [5, 5.41) is 10.6. The molecule has 0 heterocycles. The van der Waals surface area contributed by atoms with Gasteiger partial charge in [-0.05, 0) is 50.1 Å². The van der Waals surface area contributed by atoms with Gasteiger partial charge in [-0.2, -0.15) is 0 Å². The molecule has 1 amide bonds. The smallest absolute Gasteiger partial charge is 0.394 e. The van der Waals surface area contributed by atoms with Crippen LogP contribution < -0.4 is 5.32 Å². The van der Waals surface area contributed by atoms with Crippen LogP contribution in [-0.4, -0.2) is 17.0 Å². The summed E-state index contributed by atoms with van der Waals surface area (Å²) >= 11 is 6.48. The Hall–Kier alpha value is -0.880. The van der Waals surface area contributed by atoms with Gasteiger partial charge in [0, 0.05) is 14.6 Å². The lowest BCUT2D eigenvalue weighted by molar-refractivity contribution is -0.147. The third-order valence-electron chi connectivity index (χ3n) is 1.37. The van der Waals surface area contributed by atoms with Gasteiger partial charge in [0.15, 0.2) is 0 Å². The van der Waals surface area contributed by atoms with Crippen molar-refractivity contribution in [3.63, 3.8) is 0 Å². The molecule has 0 saturated carbocycles. The number of aliphatic carboxylic acids is 1. The summed E-state index contributed by atoms with van der Waals surface area (Å²) in [5.74, 6) is -2.57. The number of carboxylic acids is 1. The number of amides is 1. The van der Waals surface area contributed by atoms with Crippen LogP contribution >= 0.6 is 31.9 Å². The van der Waals surface area contributed by atoms with Crippen LogP contribution in [-0.2, 0) is 9.59 Å². The second-order valence-corrected chi connectivity index (χ2v) is 4.10. The van der Waals surface area contributed by atoms with E-state index in [9.17, 15) is 9.59 Å². The predicted octanol–water partition coefficient (Wildman–Crippen LogP) is 2.23. The first-order chi connectivity index (χ1) is 6.50. The summed E-state index contributed by atoms with van der Waals surface area (Å²) in [7, 11) is 0. The molecule has 6 heteroatoms. The van der Waals surface area contributed by atoms with Gasteiger partial charge in [-0.3, -0.25) is 4.79 Å². The van der Waals surface area contributed by atoms with Crippen molar-refractivity contribution in [1.29, 1.82) is 0 Å². The Kier molecular flexibility index (Phi) is 3.65. The fraction of sp³-hybridized carbons (Fsp3) is 0. The van der Waals surface area contributed by atoms with Gasteiger partial charge in [-0.15, -0.1) is 0 Å². The first-order valence-electron chi connectivity index (χ1n) is 3.50. The first kappa shape index (κ1) is 11.2. The number of carbonyl (C=O) groups excluding carboxylic acids is 1. The lowest BCUT2D eigenvalue weighted by Crippen LogP contribution is -2.21. The van der Waals surface area contributed by atoms with Gasteiger partial charge >= 0.3 is 11.9 Å². The molecule has 0 fully saturated rings. The fourth-order valence-electron chi connectivity index (χ4n) is 0.758.